The van der Waals surface area contributed by atoms with E-state index in [-0.39, 0.29) is 5.91 Å². The van der Waals surface area contributed by atoms with Crippen LogP contribution in [0.15, 0.2) is 78.9 Å². The second-order valence-electron chi connectivity index (χ2n) is 7.83. The number of ether oxygens (including phenoxy) is 1. The summed E-state index contributed by atoms with van der Waals surface area (Å²) in [5.74, 6) is -1.67. The van der Waals surface area contributed by atoms with Gasteiger partial charge >= 0.3 is 6.09 Å². The molecule has 0 fully saturated rings. The molecule has 0 spiro atoms. The zero-order valence-electron chi connectivity index (χ0n) is 19.3. The van der Waals surface area contributed by atoms with Gasteiger partial charge in [-0.25, -0.2) is 9.18 Å². The van der Waals surface area contributed by atoms with Gasteiger partial charge in [-0.1, -0.05) is 24.3 Å². The Bertz CT molecular complexity index is 1290. The number of nitriles is 1. The molecule has 3 aromatic rings. The lowest BCUT2D eigenvalue weighted by molar-refractivity contribution is -0.111. The van der Waals surface area contributed by atoms with Gasteiger partial charge < -0.3 is 20.9 Å². The van der Waals surface area contributed by atoms with Gasteiger partial charge in [-0.3, -0.25) is 10.1 Å². The van der Waals surface area contributed by atoms with Gasteiger partial charge in [0.2, 0.25) is 5.91 Å². The minimum atomic E-state index is -0.828. The predicted molar refractivity (Wildman–Crippen MR) is 135 cm³/mol. The number of phenolic OH excluding ortho intramolecular Hbond substituents is 1. The molecule has 0 saturated heterocycles. The van der Waals surface area contributed by atoms with E-state index in [0.29, 0.717) is 47.5 Å². The molecule has 0 aromatic heterocycles. The lowest BCUT2D eigenvalue weighted by Crippen LogP contribution is -2.18. The van der Waals surface area contributed by atoms with Crippen LogP contribution < -0.4 is 16.4 Å². The van der Waals surface area contributed by atoms with Crippen LogP contribution in [0.5, 0.6) is 5.75 Å². The number of hydrogen-bond donors (Lipinski definition) is 4. The van der Waals surface area contributed by atoms with E-state index < -0.39 is 23.8 Å². The molecule has 0 saturated carbocycles. The van der Waals surface area contributed by atoms with Gasteiger partial charge in [0.05, 0.1) is 23.0 Å². The second kappa shape index (κ2) is 12.6. The molecule has 0 aliphatic rings. The van der Waals surface area contributed by atoms with Crippen molar-refractivity contribution in [3.05, 3.63) is 95.8 Å². The van der Waals surface area contributed by atoms with Crippen molar-refractivity contribution in [3.8, 4) is 11.8 Å². The summed E-state index contributed by atoms with van der Waals surface area (Å²) in [6.07, 6.45) is 2.87. The highest BCUT2D eigenvalue weighted by atomic mass is 19.1. The molecule has 0 unspecified atom stereocenters. The number of hydrogen-bond acceptors (Lipinski definition) is 6. The minimum absolute atomic E-state index is 0.330. The molecule has 0 bridgehead atoms. The van der Waals surface area contributed by atoms with Crippen molar-refractivity contribution in [2.75, 3.05) is 16.4 Å². The summed E-state index contributed by atoms with van der Waals surface area (Å²) in [4.78, 5) is 24.6. The van der Waals surface area contributed by atoms with Crippen LogP contribution in [-0.2, 0) is 9.53 Å². The van der Waals surface area contributed by atoms with Crippen molar-refractivity contribution in [2.45, 2.75) is 25.4 Å². The summed E-state index contributed by atoms with van der Waals surface area (Å²) >= 11 is 0. The van der Waals surface area contributed by atoms with Crippen LogP contribution in [0.4, 0.5) is 26.2 Å². The second-order valence-corrected chi connectivity index (χ2v) is 7.83. The number of amides is 2. The molecular formula is C27H25FN4O4. The molecule has 184 valence electrons. The van der Waals surface area contributed by atoms with Crippen molar-refractivity contribution < 1.29 is 23.8 Å². The van der Waals surface area contributed by atoms with E-state index >= 15 is 0 Å². The molecule has 5 N–H and O–H groups in total. The summed E-state index contributed by atoms with van der Waals surface area (Å²) in [7, 11) is 0. The number of rotatable bonds is 9. The van der Waals surface area contributed by atoms with E-state index in [2.05, 4.69) is 10.6 Å². The highest BCUT2D eigenvalue weighted by Gasteiger charge is 2.18. The third-order valence-corrected chi connectivity index (χ3v) is 5.18. The normalized spacial score (nSPS) is 11.4. The molecule has 8 nitrogen and oxygen atoms in total. The smallest absolute Gasteiger partial charge is 0.412 e. The first-order valence-corrected chi connectivity index (χ1v) is 11.1. The average molecular weight is 489 g/mol. The van der Waals surface area contributed by atoms with Crippen LogP contribution in [0.3, 0.4) is 0 Å². The van der Waals surface area contributed by atoms with Crippen LogP contribution in [0, 0.1) is 17.1 Å². The Hall–Kier alpha value is -4.84. The monoisotopic (exact) mass is 488 g/mol. The van der Waals surface area contributed by atoms with Gasteiger partial charge in [0.25, 0.3) is 0 Å². The zero-order chi connectivity index (χ0) is 25.9. The molecule has 0 aliphatic carbocycles. The number of aromatic hydroxyl groups is 1. The Balaban J connectivity index is 1.58. The van der Waals surface area contributed by atoms with Gasteiger partial charge in [0.15, 0.2) is 11.6 Å². The molecule has 36 heavy (non-hydrogen) atoms. The number of nitrogens with zero attached hydrogens (tertiary/aromatic N) is 1. The van der Waals surface area contributed by atoms with Crippen molar-refractivity contribution in [3.63, 3.8) is 0 Å². The molecule has 3 aromatic carbocycles. The molecular weight excluding hydrogens is 463 g/mol. The van der Waals surface area contributed by atoms with E-state index in [1.54, 1.807) is 54.6 Å². The highest BCUT2D eigenvalue weighted by molar-refractivity contribution is 6.01. The van der Waals surface area contributed by atoms with Crippen LogP contribution in [0.2, 0.25) is 0 Å². The van der Waals surface area contributed by atoms with Gasteiger partial charge in [-0.05, 0) is 79.4 Å². The Morgan fingerprint density at radius 2 is 1.86 bits per heavy atom. The minimum Gasteiger partial charge on any atom is -0.505 e. The first-order chi connectivity index (χ1) is 17.4. The molecule has 0 radical (unpaired) electrons. The van der Waals surface area contributed by atoms with E-state index in [4.69, 9.17) is 15.7 Å². The maximum atomic E-state index is 13.9. The summed E-state index contributed by atoms with van der Waals surface area (Å²) < 4.78 is 19.5. The lowest BCUT2D eigenvalue weighted by atomic mass is 10.0. The van der Waals surface area contributed by atoms with Crippen LogP contribution >= 0.6 is 0 Å². The molecule has 1 atom stereocenters. The molecule has 9 heteroatoms. The number of nitrogens with two attached hydrogens (primary N) is 1. The van der Waals surface area contributed by atoms with E-state index in [1.165, 1.54) is 18.2 Å². The number of anilines is 3. The van der Waals surface area contributed by atoms with Gasteiger partial charge in [0.1, 0.15) is 6.10 Å². The standard InChI is InChI=1S/C27H25FN4O4/c28-21-16-19(12-15-24(21)33)25(36-27(35)31-20-13-10-18(17-29)11-14-20)8-2-1-3-9-26(34)32-23-7-5-4-6-22(23)30/h3-7,9-16,25,33H,1-2,8,30H2,(H,31,35)(H,32,34)/b9-3+/t25-/m0/s1. The number of benzene rings is 3. The number of phenols is 1. The fraction of sp³-hybridized carbons (Fsp3) is 0.148. The van der Waals surface area contributed by atoms with E-state index in [1.807, 2.05) is 6.07 Å². The topological polar surface area (TPSA) is 137 Å². The van der Waals surface area contributed by atoms with E-state index in [0.717, 1.165) is 6.07 Å². The lowest BCUT2D eigenvalue weighted by Gasteiger charge is -2.19. The largest absolute Gasteiger partial charge is 0.505 e. The molecule has 3 rings (SSSR count). The van der Waals surface area contributed by atoms with Crippen molar-refractivity contribution >= 4 is 29.1 Å². The zero-order valence-corrected chi connectivity index (χ0v) is 19.3. The Morgan fingerprint density at radius 1 is 1.11 bits per heavy atom. The maximum absolute atomic E-state index is 13.9. The SMILES string of the molecule is N#Cc1ccc(NC(=O)O[C@@H](CCC/C=C/C(=O)Nc2ccccc2N)c2ccc(O)c(F)c2)cc1. The van der Waals surface area contributed by atoms with Crippen LogP contribution in [0.1, 0.15) is 36.5 Å². The third-order valence-electron chi connectivity index (χ3n) is 5.18. The van der Waals surface area contributed by atoms with Crippen LogP contribution in [0.25, 0.3) is 0 Å². The first kappa shape index (κ1) is 25.8. The highest BCUT2D eigenvalue weighted by Crippen LogP contribution is 2.28. The third kappa shape index (κ3) is 7.60. The molecule has 2 amide bonds. The number of carbonyl (C=O) groups excluding carboxylic acids is 2. The van der Waals surface area contributed by atoms with Gasteiger partial charge in [0, 0.05) is 5.69 Å². The quantitative estimate of drug-likeness (QED) is 0.175. The number of halogens is 1. The van der Waals surface area contributed by atoms with Gasteiger partial charge in [-0.15, -0.1) is 0 Å². The Morgan fingerprint density at radius 3 is 2.56 bits per heavy atom. The number of unbranched alkanes of at least 4 members (excludes halogenated alkanes) is 1. The predicted octanol–water partition coefficient (Wildman–Crippen LogP) is 5.64. The summed E-state index contributed by atoms with van der Waals surface area (Å²) in [6, 6.07) is 18.9. The summed E-state index contributed by atoms with van der Waals surface area (Å²) in [5.41, 5.74) is 8.04. The summed E-state index contributed by atoms with van der Waals surface area (Å²) in [5, 5.41) is 23.6. The number of allylic oxidation sites excluding steroid dienone is 1. The number of nitrogens with one attached hydrogen (secondary N) is 2. The van der Waals surface area contributed by atoms with E-state index in [9.17, 15) is 19.1 Å². The molecule has 0 heterocycles. The fourth-order valence-corrected chi connectivity index (χ4v) is 3.32. The van der Waals surface area contributed by atoms with Crippen molar-refractivity contribution in [2.24, 2.45) is 0 Å². The number of nitrogen functional groups attached to an aromatic ring is 1. The van der Waals surface area contributed by atoms with Crippen molar-refractivity contribution in [1.29, 1.82) is 5.26 Å². The summed E-state index contributed by atoms with van der Waals surface area (Å²) in [6.45, 7) is 0. The Labute approximate surface area is 207 Å². The average Bonchev–Trinajstić information content (AvgIpc) is 2.86. The maximum Gasteiger partial charge on any atom is 0.412 e. The van der Waals surface area contributed by atoms with Crippen molar-refractivity contribution in [1.82, 2.24) is 0 Å². The number of carbonyl (C=O) groups is 2. The number of para-hydroxylation sites is 2. The Kier molecular flexibility index (Phi) is 9.00. The first-order valence-electron chi connectivity index (χ1n) is 11.1. The molecule has 0 aliphatic heterocycles. The van der Waals surface area contributed by atoms with Gasteiger partial charge in [-0.2, -0.15) is 5.26 Å². The fourth-order valence-electron chi connectivity index (χ4n) is 3.32. The van der Waals surface area contributed by atoms with Crippen LogP contribution in [-0.4, -0.2) is 17.1 Å².